The van der Waals surface area contributed by atoms with Crippen molar-refractivity contribution in [3.63, 3.8) is 0 Å². The predicted octanol–water partition coefficient (Wildman–Crippen LogP) is -2.48. The molecule has 2 aromatic heterocycles. The summed E-state index contributed by atoms with van der Waals surface area (Å²) in [6.45, 7) is 0. The van der Waals surface area contributed by atoms with Crippen molar-refractivity contribution < 1.29 is 53.4 Å². The number of fused-ring (bicyclic) bond motifs is 3. The Balaban J connectivity index is -0.000000109. The van der Waals surface area contributed by atoms with Crippen molar-refractivity contribution in [1.29, 1.82) is 0 Å². The number of nitrogens with zero attached hydrogens (tertiary/aromatic N) is 4. The van der Waals surface area contributed by atoms with Crippen molar-refractivity contribution in [2.75, 3.05) is 0 Å². The standard InChI is InChI=1S/C11H6N2O.2NO3.Ni.4H2O/c14-11-7-3-1-5-12-9(7)10-8(11)4-2-6-13-10;2*2-1(3)4;;;;;/h1-6H;;;;4*1H2/q;2*-1;+2;;;;/p+4. The van der Waals surface area contributed by atoms with Crippen LogP contribution in [0.15, 0.2) is 36.7 Å². The molecule has 0 aliphatic heterocycles. The normalized spacial score (nSPS) is 8.22. The maximum Gasteiger partial charge on any atom is 2.00 e. The molecule has 0 bridgehead atoms. The van der Waals surface area contributed by atoms with Crippen molar-refractivity contribution >= 4 is 5.78 Å². The Labute approximate surface area is 159 Å². The van der Waals surface area contributed by atoms with Crippen molar-refractivity contribution in [2.24, 2.45) is 0 Å². The molecule has 16 heteroatoms. The van der Waals surface area contributed by atoms with E-state index in [1.165, 1.54) is 0 Å². The Kier molecular flexibility index (Phi) is 20.9. The number of hydrogen-bond donors (Lipinski definition) is 0. The van der Waals surface area contributed by atoms with Gasteiger partial charge in [-0.25, -0.2) is 0 Å². The van der Waals surface area contributed by atoms with Gasteiger partial charge in [0.25, 0.3) is 0 Å². The number of carbonyl (C=O) groups is 1. The van der Waals surface area contributed by atoms with Gasteiger partial charge in [-0.05, 0) is 24.3 Å². The van der Waals surface area contributed by atoms with Crippen molar-refractivity contribution in [1.82, 2.24) is 9.97 Å². The van der Waals surface area contributed by atoms with Crippen molar-refractivity contribution in [3.05, 3.63) is 78.4 Å². The van der Waals surface area contributed by atoms with E-state index >= 15 is 0 Å². The molecule has 0 unspecified atom stereocenters. The van der Waals surface area contributed by atoms with E-state index in [-0.39, 0.29) is 44.2 Å². The molecule has 0 saturated carbocycles. The second-order valence-electron chi connectivity index (χ2n) is 3.58. The number of rotatable bonds is 0. The van der Waals surface area contributed by atoms with Gasteiger partial charge in [0.2, 0.25) is 0 Å². The van der Waals surface area contributed by atoms with Crippen LogP contribution in [0.5, 0.6) is 0 Å². The van der Waals surface area contributed by atoms with E-state index in [2.05, 4.69) is 9.97 Å². The van der Waals surface area contributed by atoms with E-state index in [0.29, 0.717) is 22.5 Å². The number of aromatic nitrogens is 2. The molecule has 0 saturated heterocycles. The predicted molar refractivity (Wildman–Crippen MR) is 91.1 cm³/mol. The van der Waals surface area contributed by atoms with Crippen molar-refractivity contribution in [3.8, 4) is 11.4 Å². The van der Waals surface area contributed by atoms with E-state index in [4.69, 9.17) is 30.6 Å². The zero-order chi connectivity index (χ0) is 16.7. The Morgan fingerprint density at radius 1 is 0.704 bits per heavy atom. The Hall–Kier alpha value is -3.30. The topological polar surface area (TPSA) is 307 Å². The average Bonchev–Trinajstić information content (AvgIpc) is 2.73. The zero-order valence-electron chi connectivity index (χ0n) is 13.2. The van der Waals surface area contributed by atoms with Gasteiger partial charge in [-0.2, -0.15) is 0 Å². The van der Waals surface area contributed by atoms with Gasteiger partial charge in [0.1, 0.15) is 11.4 Å². The molecule has 0 fully saturated rings. The van der Waals surface area contributed by atoms with Crippen LogP contribution in [0.3, 0.4) is 0 Å². The molecule has 0 radical (unpaired) electrons. The minimum atomic E-state index is -1.75. The summed E-state index contributed by atoms with van der Waals surface area (Å²) >= 11 is 0. The van der Waals surface area contributed by atoms with E-state index in [1.54, 1.807) is 36.7 Å². The minimum absolute atomic E-state index is 0. The van der Waals surface area contributed by atoms with Gasteiger partial charge in [0.15, 0.2) is 5.78 Å². The fraction of sp³-hybridized carbons (Fsp3) is 0. The molecule has 1 aliphatic rings. The summed E-state index contributed by atoms with van der Waals surface area (Å²) in [5, 5.41) is 29.5. The first-order valence-corrected chi connectivity index (χ1v) is 5.42. The number of ketones is 1. The molecule has 0 aromatic carbocycles. The molecule has 2 aromatic rings. The zero-order valence-corrected chi connectivity index (χ0v) is 14.2. The SMILES string of the molecule is O=C1c2cccnc2-c2ncccc21.O=[N+]([O-])[O-].O=[N+]([O-])[O-].[Ni+2].[OH3+].[OH3+].[OH3+].[OH3+]. The minimum Gasteiger partial charge on any atom is -0.457 e. The van der Waals surface area contributed by atoms with Gasteiger partial charge in [0.05, 0.1) is 21.3 Å². The summed E-state index contributed by atoms with van der Waals surface area (Å²) in [5.74, 6) is 0.0243. The quantitative estimate of drug-likeness (QED) is 0.154. The van der Waals surface area contributed by atoms with E-state index in [1.807, 2.05) is 0 Å². The van der Waals surface area contributed by atoms with E-state index in [0.717, 1.165) is 0 Å². The third-order valence-corrected chi connectivity index (χ3v) is 2.33. The molecule has 0 atom stereocenters. The van der Waals surface area contributed by atoms with Gasteiger partial charge < -0.3 is 52.5 Å². The molecule has 12 N–H and O–H groups in total. The molecule has 27 heavy (non-hydrogen) atoms. The first-order chi connectivity index (χ1) is 10.3. The summed E-state index contributed by atoms with van der Waals surface area (Å²) in [4.78, 5) is 36.6. The first kappa shape index (κ1) is 34.9. The molecule has 3 rings (SSSR count). The van der Waals surface area contributed by atoms with Crippen LogP contribution in [0.25, 0.3) is 11.4 Å². The van der Waals surface area contributed by atoms with Crippen LogP contribution in [-0.4, -0.2) is 25.9 Å². The van der Waals surface area contributed by atoms with E-state index < -0.39 is 10.2 Å². The van der Waals surface area contributed by atoms with Gasteiger partial charge in [-0.3, -0.25) is 14.8 Å². The summed E-state index contributed by atoms with van der Waals surface area (Å²) < 4.78 is 0. The molecular formula is C11H18N4NiO11+4. The van der Waals surface area contributed by atoms with Gasteiger partial charge in [-0.15, -0.1) is 0 Å². The smallest absolute Gasteiger partial charge is 0.457 e. The molecular weight excluding hydrogens is 423 g/mol. The first-order valence-electron chi connectivity index (χ1n) is 5.42. The largest absolute Gasteiger partial charge is 2.00 e. The summed E-state index contributed by atoms with van der Waals surface area (Å²) in [6, 6.07) is 7.10. The van der Waals surface area contributed by atoms with Crippen LogP contribution < -0.4 is 0 Å². The second-order valence-corrected chi connectivity index (χ2v) is 3.58. The molecule has 0 spiro atoms. The second kappa shape index (κ2) is 16.2. The van der Waals surface area contributed by atoms with Crippen LogP contribution in [-0.2, 0) is 38.4 Å². The van der Waals surface area contributed by atoms with Crippen LogP contribution in [0, 0.1) is 30.6 Å². The van der Waals surface area contributed by atoms with Gasteiger partial charge in [-0.1, -0.05) is 0 Å². The summed E-state index contributed by atoms with van der Waals surface area (Å²) in [6.07, 6.45) is 3.35. The summed E-state index contributed by atoms with van der Waals surface area (Å²) in [7, 11) is 0. The number of pyridine rings is 2. The molecule has 2 heterocycles. The molecule has 154 valence electrons. The van der Waals surface area contributed by atoms with Crippen LogP contribution in [0.2, 0.25) is 0 Å². The fourth-order valence-corrected chi connectivity index (χ4v) is 1.70. The van der Waals surface area contributed by atoms with Crippen LogP contribution in [0.4, 0.5) is 0 Å². The van der Waals surface area contributed by atoms with E-state index in [9.17, 15) is 4.79 Å². The molecule has 0 amide bonds. The maximum atomic E-state index is 11.8. The van der Waals surface area contributed by atoms with Crippen molar-refractivity contribution in [2.45, 2.75) is 0 Å². The van der Waals surface area contributed by atoms with Crippen LogP contribution in [0.1, 0.15) is 15.9 Å². The molecule has 1 aliphatic carbocycles. The van der Waals surface area contributed by atoms with Gasteiger partial charge >= 0.3 is 16.5 Å². The Morgan fingerprint density at radius 3 is 1.22 bits per heavy atom. The number of hydrogen-bond acceptors (Lipinski definition) is 9. The number of carbonyl (C=O) groups excluding carboxylic acids is 1. The Bertz CT molecular complexity index is 663. The van der Waals surface area contributed by atoms with Gasteiger partial charge in [0, 0.05) is 12.4 Å². The Morgan fingerprint density at radius 2 is 0.963 bits per heavy atom. The summed E-state index contributed by atoms with van der Waals surface area (Å²) in [5.41, 5.74) is 2.71. The third-order valence-electron chi connectivity index (χ3n) is 2.33. The van der Waals surface area contributed by atoms with Crippen LogP contribution >= 0.6 is 0 Å². The monoisotopic (exact) mass is 440 g/mol. The average molecular weight is 441 g/mol. The molecule has 15 nitrogen and oxygen atoms in total. The maximum absolute atomic E-state index is 11.8. The third kappa shape index (κ3) is 10.3. The fourth-order valence-electron chi connectivity index (χ4n) is 1.70.